The lowest BCUT2D eigenvalue weighted by molar-refractivity contribution is -0.117. The van der Waals surface area contributed by atoms with E-state index in [1.807, 2.05) is 31.2 Å². The van der Waals surface area contributed by atoms with Crippen LogP contribution < -0.4 is 10.2 Å². The first-order valence-corrected chi connectivity index (χ1v) is 10.3. The highest BCUT2D eigenvalue weighted by atomic mass is 19.1. The van der Waals surface area contributed by atoms with Gasteiger partial charge in [-0.15, -0.1) is 0 Å². The second-order valence-electron chi connectivity index (χ2n) is 7.41. The van der Waals surface area contributed by atoms with Crippen LogP contribution in [0.5, 0.6) is 0 Å². The fourth-order valence-corrected chi connectivity index (χ4v) is 3.49. The lowest BCUT2D eigenvalue weighted by atomic mass is 10.0. The lowest BCUT2D eigenvalue weighted by Gasteiger charge is -2.31. The molecule has 0 saturated carbocycles. The summed E-state index contributed by atoms with van der Waals surface area (Å²) in [5.74, 6) is -1.34. The van der Waals surface area contributed by atoms with Gasteiger partial charge in [0.05, 0.1) is 6.20 Å². The molecule has 0 saturated heterocycles. The van der Waals surface area contributed by atoms with Crippen LogP contribution >= 0.6 is 0 Å². The van der Waals surface area contributed by atoms with Crippen molar-refractivity contribution in [1.82, 2.24) is 9.97 Å². The van der Waals surface area contributed by atoms with Crippen LogP contribution in [0.4, 0.5) is 15.8 Å². The molecule has 4 rings (SSSR count). The normalized spacial score (nSPS) is 11.5. The maximum absolute atomic E-state index is 13.7. The minimum Gasteiger partial charge on any atom is -0.324 e. The van der Waals surface area contributed by atoms with E-state index in [1.54, 1.807) is 30.3 Å². The van der Waals surface area contributed by atoms with Crippen molar-refractivity contribution in [3.8, 4) is 0 Å². The summed E-state index contributed by atoms with van der Waals surface area (Å²) in [6, 6.07) is 20.8. The second kappa shape index (κ2) is 9.82. The molecule has 2 amide bonds. The van der Waals surface area contributed by atoms with Crippen LogP contribution in [0.2, 0.25) is 0 Å². The molecule has 1 N–H and O–H groups in total. The fourth-order valence-electron chi connectivity index (χ4n) is 3.49. The molecule has 0 spiro atoms. The molecule has 0 aliphatic carbocycles. The Morgan fingerprint density at radius 2 is 1.70 bits per heavy atom. The summed E-state index contributed by atoms with van der Waals surface area (Å²) in [6.07, 6.45) is 4.27. The predicted molar refractivity (Wildman–Crippen MR) is 124 cm³/mol. The van der Waals surface area contributed by atoms with Crippen LogP contribution in [-0.4, -0.2) is 21.8 Å². The van der Waals surface area contributed by atoms with Gasteiger partial charge in [-0.2, -0.15) is 0 Å². The number of carbonyl (C=O) groups excluding carboxylic acids is 2. The third-order valence-electron chi connectivity index (χ3n) is 5.01. The molecule has 3 aromatic carbocycles. The van der Waals surface area contributed by atoms with Gasteiger partial charge < -0.3 is 5.32 Å². The van der Waals surface area contributed by atoms with Crippen molar-refractivity contribution in [3.05, 3.63) is 120 Å². The van der Waals surface area contributed by atoms with E-state index < -0.39 is 23.7 Å². The number of nitrogens with zero attached hydrogens (tertiary/aromatic N) is 3. The highest BCUT2D eigenvalue weighted by molar-refractivity contribution is 6.11. The minimum atomic E-state index is -1.02. The van der Waals surface area contributed by atoms with Gasteiger partial charge in [0.15, 0.2) is 0 Å². The van der Waals surface area contributed by atoms with Gasteiger partial charge >= 0.3 is 0 Å². The molecule has 0 fully saturated rings. The van der Waals surface area contributed by atoms with Crippen LogP contribution in [0.3, 0.4) is 0 Å². The van der Waals surface area contributed by atoms with E-state index >= 15 is 0 Å². The average Bonchev–Trinajstić information content (AvgIpc) is 2.84. The molecule has 1 aromatic heterocycles. The van der Waals surface area contributed by atoms with E-state index in [1.165, 1.54) is 47.8 Å². The molecule has 164 valence electrons. The number of benzene rings is 3. The maximum atomic E-state index is 13.7. The zero-order valence-electron chi connectivity index (χ0n) is 17.9. The molecule has 0 bridgehead atoms. The molecule has 4 aromatic rings. The smallest absolute Gasteiger partial charge is 0.279 e. The Bertz CT molecular complexity index is 1250. The minimum absolute atomic E-state index is 0.106. The SMILES string of the molecule is Cc1cccc(N(C(=O)c2cnccn2)C(C(=O)Nc2ccc(F)cc2)c2ccccc2)c1. The third-order valence-corrected chi connectivity index (χ3v) is 5.01. The number of aromatic nitrogens is 2. The largest absolute Gasteiger partial charge is 0.324 e. The van der Waals surface area contributed by atoms with E-state index in [0.29, 0.717) is 16.9 Å². The van der Waals surface area contributed by atoms with Crippen molar-refractivity contribution >= 4 is 23.2 Å². The molecule has 7 heteroatoms. The summed E-state index contributed by atoms with van der Waals surface area (Å²) in [5.41, 5.74) is 2.59. The van der Waals surface area contributed by atoms with Crippen LogP contribution in [0.1, 0.15) is 27.7 Å². The molecular weight excluding hydrogens is 419 g/mol. The first kappa shape index (κ1) is 21.8. The molecule has 0 aliphatic heterocycles. The number of hydrogen-bond donors (Lipinski definition) is 1. The van der Waals surface area contributed by atoms with Gasteiger partial charge in [-0.05, 0) is 54.4 Å². The van der Waals surface area contributed by atoms with Gasteiger partial charge in [0.25, 0.3) is 11.8 Å². The van der Waals surface area contributed by atoms with Crippen molar-refractivity contribution in [2.75, 3.05) is 10.2 Å². The highest BCUT2D eigenvalue weighted by Crippen LogP contribution is 2.31. The average molecular weight is 440 g/mol. The number of hydrogen-bond acceptors (Lipinski definition) is 4. The number of rotatable bonds is 6. The van der Waals surface area contributed by atoms with E-state index in [4.69, 9.17) is 0 Å². The molecular formula is C26H21FN4O2. The number of amides is 2. The van der Waals surface area contributed by atoms with Gasteiger partial charge in [0.2, 0.25) is 0 Å². The van der Waals surface area contributed by atoms with Crippen LogP contribution in [0, 0.1) is 12.7 Å². The Morgan fingerprint density at radius 1 is 0.939 bits per heavy atom. The Hall–Kier alpha value is -4.39. The van der Waals surface area contributed by atoms with Gasteiger partial charge in [-0.25, -0.2) is 9.37 Å². The van der Waals surface area contributed by atoms with Crippen molar-refractivity contribution in [2.24, 2.45) is 0 Å². The number of anilines is 2. The van der Waals surface area contributed by atoms with Crippen molar-refractivity contribution in [2.45, 2.75) is 13.0 Å². The Balaban J connectivity index is 1.83. The summed E-state index contributed by atoms with van der Waals surface area (Å²) in [7, 11) is 0. The van der Waals surface area contributed by atoms with Gasteiger partial charge in [0.1, 0.15) is 17.6 Å². The lowest BCUT2D eigenvalue weighted by Crippen LogP contribution is -2.42. The maximum Gasteiger partial charge on any atom is 0.279 e. The molecule has 33 heavy (non-hydrogen) atoms. The van der Waals surface area contributed by atoms with Gasteiger partial charge in [-0.1, -0.05) is 42.5 Å². The number of carbonyl (C=O) groups is 2. The Kier molecular flexibility index (Phi) is 6.50. The van der Waals surface area contributed by atoms with Crippen LogP contribution in [0.25, 0.3) is 0 Å². The molecule has 1 atom stereocenters. The molecule has 0 radical (unpaired) electrons. The summed E-state index contributed by atoms with van der Waals surface area (Å²) < 4.78 is 13.4. The van der Waals surface area contributed by atoms with Gasteiger partial charge in [0, 0.05) is 23.8 Å². The molecule has 1 heterocycles. The highest BCUT2D eigenvalue weighted by Gasteiger charge is 2.34. The summed E-state index contributed by atoms with van der Waals surface area (Å²) in [5, 5.41) is 2.80. The second-order valence-corrected chi connectivity index (χ2v) is 7.41. The number of aryl methyl sites for hydroxylation is 1. The van der Waals surface area contributed by atoms with Crippen molar-refractivity contribution in [3.63, 3.8) is 0 Å². The molecule has 0 aliphatic rings. The fraction of sp³-hybridized carbons (Fsp3) is 0.0769. The molecule has 6 nitrogen and oxygen atoms in total. The van der Waals surface area contributed by atoms with E-state index in [2.05, 4.69) is 15.3 Å². The van der Waals surface area contributed by atoms with Crippen molar-refractivity contribution < 1.29 is 14.0 Å². The Labute approximate surface area is 190 Å². The van der Waals surface area contributed by atoms with E-state index in [-0.39, 0.29) is 5.69 Å². The number of nitrogens with one attached hydrogen (secondary N) is 1. The third kappa shape index (κ3) is 5.10. The summed E-state index contributed by atoms with van der Waals surface area (Å²) >= 11 is 0. The standard InChI is InChI=1S/C26H21FN4O2/c1-18-6-5-9-22(16-18)31(26(33)23-17-28-14-15-29-23)24(19-7-3-2-4-8-19)25(32)30-21-12-10-20(27)11-13-21/h2-17,24H,1H3,(H,30,32). The van der Waals surface area contributed by atoms with Crippen LogP contribution in [0.15, 0.2) is 97.5 Å². The topological polar surface area (TPSA) is 75.2 Å². The summed E-state index contributed by atoms with van der Waals surface area (Å²) in [6.45, 7) is 1.91. The van der Waals surface area contributed by atoms with E-state index in [0.717, 1.165) is 5.56 Å². The number of halogens is 1. The van der Waals surface area contributed by atoms with Crippen LogP contribution in [-0.2, 0) is 4.79 Å². The van der Waals surface area contributed by atoms with Crippen molar-refractivity contribution in [1.29, 1.82) is 0 Å². The predicted octanol–water partition coefficient (Wildman–Crippen LogP) is 4.95. The Morgan fingerprint density at radius 3 is 2.36 bits per heavy atom. The first-order valence-electron chi connectivity index (χ1n) is 10.3. The molecule has 1 unspecified atom stereocenters. The monoisotopic (exact) mass is 440 g/mol. The summed E-state index contributed by atoms with van der Waals surface area (Å²) in [4.78, 5) is 36.8. The van der Waals surface area contributed by atoms with Gasteiger partial charge in [-0.3, -0.25) is 19.5 Å². The quantitative estimate of drug-likeness (QED) is 0.460. The zero-order chi connectivity index (χ0) is 23.2. The first-order chi connectivity index (χ1) is 16.0. The zero-order valence-corrected chi connectivity index (χ0v) is 17.9. The van der Waals surface area contributed by atoms with E-state index in [9.17, 15) is 14.0 Å².